The van der Waals surface area contributed by atoms with E-state index in [0.717, 1.165) is 5.52 Å². The van der Waals surface area contributed by atoms with Crippen LogP contribution >= 0.6 is 0 Å². The van der Waals surface area contributed by atoms with Crippen molar-refractivity contribution in [3.8, 4) is 11.4 Å². The topological polar surface area (TPSA) is 76.0 Å². The lowest BCUT2D eigenvalue weighted by Gasteiger charge is -2.11. The Morgan fingerprint density at radius 3 is 2.23 bits per heavy atom. The van der Waals surface area contributed by atoms with Crippen LogP contribution in [0.3, 0.4) is 0 Å². The van der Waals surface area contributed by atoms with E-state index in [9.17, 15) is 14.0 Å². The molecule has 4 aromatic rings. The van der Waals surface area contributed by atoms with Crippen molar-refractivity contribution in [1.82, 2.24) is 9.55 Å². The van der Waals surface area contributed by atoms with Crippen molar-refractivity contribution in [3.63, 3.8) is 0 Å². The monoisotopic (exact) mass is 402 g/mol. The second-order valence-corrected chi connectivity index (χ2v) is 6.80. The van der Waals surface area contributed by atoms with Crippen LogP contribution in [0.25, 0.3) is 22.4 Å². The Balaban J connectivity index is 1.61. The van der Waals surface area contributed by atoms with Crippen molar-refractivity contribution in [2.45, 2.75) is 13.5 Å². The highest BCUT2D eigenvalue weighted by Crippen LogP contribution is 2.27. The zero-order valence-corrected chi connectivity index (χ0v) is 16.2. The minimum Gasteiger partial charge on any atom is -0.326 e. The second-order valence-electron chi connectivity index (χ2n) is 6.80. The minimum absolute atomic E-state index is 0.0301. The maximum absolute atomic E-state index is 14.4. The zero-order chi connectivity index (χ0) is 21.1. The van der Waals surface area contributed by atoms with Gasteiger partial charge in [0.25, 0.3) is 0 Å². The Hall–Kier alpha value is -4.00. The van der Waals surface area contributed by atoms with E-state index in [4.69, 9.17) is 0 Å². The molecule has 3 aromatic carbocycles. The lowest BCUT2D eigenvalue weighted by molar-refractivity contribution is -0.116. The average Bonchev–Trinajstić information content (AvgIpc) is 3.07. The van der Waals surface area contributed by atoms with Crippen LogP contribution in [0.5, 0.6) is 0 Å². The molecule has 1 aromatic heterocycles. The molecule has 2 N–H and O–H groups in total. The fourth-order valence-corrected chi connectivity index (χ4v) is 3.27. The highest BCUT2D eigenvalue weighted by Gasteiger charge is 2.17. The number of para-hydroxylation sites is 2. The molecule has 0 atom stereocenters. The highest BCUT2D eigenvalue weighted by molar-refractivity contribution is 5.93. The van der Waals surface area contributed by atoms with Gasteiger partial charge in [0.1, 0.15) is 18.2 Å². The molecule has 1 heterocycles. The Bertz CT molecular complexity index is 1230. The molecule has 6 nitrogen and oxygen atoms in total. The number of nitrogens with one attached hydrogen (secondary N) is 2. The maximum atomic E-state index is 14.4. The summed E-state index contributed by atoms with van der Waals surface area (Å²) >= 11 is 0. The molecule has 0 radical (unpaired) electrons. The Kier molecular flexibility index (Phi) is 5.26. The number of rotatable bonds is 5. The van der Waals surface area contributed by atoms with Gasteiger partial charge in [0.2, 0.25) is 11.8 Å². The average molecular weight is 402 g/mol. The summed E-state index contributed by atoms with van der Waals surface area (Å²) in [7, 11) is 0. The Morgan fingerprint density at radius 2 is 1.53 bits per heavy atom. The van der Waals surface area contributed by atoms with Crippen molar-refractivity contribution < 1.29 is 14.0 Å². The second kappa shape index (κ2) is 8.16. The van der Waals surface area contributed by atoms with Crippen LogP contribution in [0.1, 0.15) is 6.92 Å². The number of halogens is 1. The normalized spacial score (nSPS) is 10.7. The number of hydrogen-bond acceptors (Lipinski definition) is 3. The smallest absolute Gasteiger partial charge is 0.244 e. The molecule has 0 aliphatic rings. The van der Waals surface area contributed by atoms with Gasteiger partial charge in [0, 0.05) is 18.3 Å². The van der Waals surface area contributed by atoms with E-state index in [2.05, 4.69) is 15.6 Å². The number of anilines is 2. The van der Waals surface area contributed by atoms with Crippen LogP contribution in [-0.4, -0.2) is 21.4 Å². The summed E-state index contributed by atoms with van der Waals surface area (Å²) < 4.78 is 16.1. The number of nitrogens with zero attached hydrogens (tertiary/aromatic N) is 2. The molecule has 0 unspecified atom stereocenters. The number of hydrogen-bond donors (Lipinski definition) is 2. The Morgan fingerprint density at radius 1 is 0.900 bits per heavy atom. The van der Waals surface area contributed by atoms with E-state index in [1.54, 1.807) is 47.0 Å². The lowest BCUT2D eigenvalue weighted by Crippen LogP contribution is -2.19. The number of carbonyl (C=O) groups excluding carboxylic acids is 2. The third-order valence-electron chi connectivity index (χ3n) is 4.56. The molecule has 7 heteroatoms. The fraction of sp³-hybridized carbons (Fsp3) is 0.0870. The number of aromatic nitrogens is 2. The fourth-order valence-electron chi connectivity index (χ4n) is 3.27. The molecule has 30 heavy (non-hydrogen) atoms. The van der Waals surface area contributed by atoms with E-state index in [-0.39, 0.29) is 18.4 Å². The van der Waals surface area contributed by atoms with Crippen LogP contribution in [0.2, 0.25) is 0 Å². The van der Waals surface area contributed by atoms with Gasteiger partial charge in [-0.3, -0.25) is 9.59 Å². The first-order valence-electron chi connectivity index (χ1n) is 9.39. The Labute approximate surface area is 172 Å². The van der Waals surface area contributed by atoms with Gasteiger partial charge < -0.3 is 15.2 Å². The summed E-state index contributed by atoms with van der Waals surface area (Å²) in [6.45, 7) is 1.40. The molecule has 0 bridgehead atoms. The van der Waals surface area contributed by atoms with Crippen LogP contribution in [0, 0.1) is 5.82 Å². The molecule has 150 valence electrons. The van der Waals surface area contributed by atoms with Gasteiger partial charge in [0.15, 0.2) is 0 Å². The van der Waals surface area contributed by atoms with Gasteiger partial charge in [-0.05, 0) is 48.5 Å². The number of imidazole rings is 1. The van der Waals surface area contributed by atoms with Crippen LogP contribution in [0.15, 0.2) is 72.8 Å². The van der Waals surface area contributed by atoms with Gasteiger partial charge in [0.05, 0.1) is 16.6 Å². The molecule has 0 aliphatic carbocycles. The van der Waals surface area contributed by atoms with Gasteiger partial charge in [-0.1, -0.05) is 24.3 Å². The molecule has 2 amide bonds. The molecule has 0 fully saturated rings. The summed E-state index contributed by atoms with van der Waals surface area (Å²) in [5, 5.41) is 5.50. The standard InChI is InChI=1S/C23H19FN4O2/c1-15(29)25-16-10-12-17(13-11-16)26-22(30)14-28-21-9-5-4-8-20(21)27-23(28)18-6-2-3-7-19(18)24/h2-13H,14H2,1H3,(H,25,29)(H,26,30). The molecular formula is C23H19FN4O2. The van der Waals surface area contributed by atoms with Crippen LogP contribution < -0.4 is 10.6 Å². The van der Waals surface area contributed by atoms with Crippen molar-refractivity contribution in [3.05, 3.63) is 78.6 Å². The summed E-state index contributed by atoms with van der Waals surface area (Å²) in [6.07, 6.45) is 0. The van der Waals surface area contributed by atoms with Crippen LogP contribution in [0.4, 0.5) is 15.8 Å². The predicted molar refractivity (Wildman–Crippen MR) is 115 cm³/mol. The molecule has 4 rings (SSSR count). The summed E-state index contributed by atoms with van der Waals surface area (Å²) in [5.41, 5.74) is 2.99. The van der Waals surface area contributed by atoms with Gasteiger partial charge in [-0.2, -0.15) is 0 Å². The number of carbonyl (C=O) groups is 2. The third kappa shape index (κ3) is 4.05. The predicted octanol–water partition coefficient (Wildman–Crippen LogP) is 4.44. The minimum atomic E-state index is -0.400. The quantitative estimate of drug-likeness (QED) is 0.518. The summed E-state index contributed by atoms with van der Waals surface area (Å²) in [6, 6.07) is 20.6. The SMILES string of the molecule is CC(=O)Nc1ccc(NC(=O)Cn2c(-c3ccccc3F)nc3ccccc32)cc1. The zero-order valence-electron chi connectivity index (χ0n) is 16.2. The molecular weight excluding hydrogens is 383 g/mol. The van der Waals surface area contributed by atoms with Crippen molar-refractivity contribution >= 4 is 34.2 Å². The molecule has 0 spiro atoms. The number of benzene rings is 3. The van der Waals surface area contributed by atoms with Crippen molar-refractivity contribution in [2.75, 3.05) is 10.6 Å². The lowest BCUT2D eigenvalue weighted by atomic mass is 10.2. The number of amides is 2. The molecule has 0 saturated heterocycles. The first-order chi connectivity index (χ1) is 14.5. The van der Waals surface area contributed by atoms with Crippen molar-refractivity contribution in [1.29, 1.82) is 0 Å². The van der Waals surface area contributed by atoms with E-state index in [1.165, 1.54) is 13.0 Å². The maximum Gasteiger partial charge on any atom is 0.244 e. The number of fused-ring (bicyclic) bond motifs is 1. The van der Waals surface area contributed by atoms with Crippen LogP contribution in [-0.2, 0) is 16.1 Å². The highest BCUT2D eigenvalue weighted by atomic mass is 19.1. The van der Waals surface area contributed by atoms with Crippen molar-refractivity contribution in [2.24, 2.45) is 0 Å². The van der Waals surface area contributed by atoms with Gasteiger partial charge in [-0.15, -0.1) is 0 Å². The first kappa shape index (κ1) is 19.3. The summed E-state index contributed by atoms with van der Waals surface area (Å²) in [5.74, 6) is -0.448. The molecule has 0 aliphatic heterocycles. The summed E-state index contributed by atoms with van der Waals surface area (Å²) in [4.78, 5) is 28.4. The third-order valence-corrected chi connectivity index (χ3v) is 4.56. The van der Waals surface area contributed by atoms with E-state index in [1.807, 2.05) is 24.3 Å². The van der Waals surface area contributed by atoms with E-state index < -0.39 is 5.82 Å². The first-order valence-corrected chi connectivity index (χ1v) is 9.39. The van der Waals surface area contributed by atoms with Gasteiger partial charge in [-0.25, -0.2) is 9.37 Å². The molecule has 0 saturated carbocycles. The van der Waals surface area contributed by atoms with E-state index in [0.29, 0.717) is 28.3 Å². The van der Waals surface area contributed by atoms with Gasteiger partial charge >= 0.3 is 0 Å². The van der Waals surface area contributed by atoms with E-state index >= 15 is 0 Å². The largest absolute Gasteiger partial charge is 0.326 e.